The third-order valence-electron chi connectivity index (χ3n) is 3.80. The van der Waals surface area contributed by atoms with Crippen LogP contribution in [0.2, 0.25) is 0 Å². The van der Waals surface area contributed by atoms with Gasteiger partial charge in [0.2, 0.25) is 0 Å². The van der Waals surface area contributed by atoms with Crippen LogP contribution >= 0.6 is 0 Å². The number of benzene rings is 2. The molecule has 150 valence electrons. The zero-order chi connectivity index (χ0) is 20.7. The Balaban J connectivity index is 2.36. The van der Waals surface area contributed by atoms with E-state index in [-0.39, 0.29) is 28.7 Å². The van der Waals surface area contributed by atoms with Gasteiger partial charge in [-0.3, -0.25) is 9.52 Å². The number of nitrogens with one attached hydrogen (secondary N) is 3. The molecule has 0 aliphatic carbocycles. The molecule has 28 heavy (non-hydrogen) atoms. The first kappa shape index (κ1) is 21.2. The second-order valence-electron chi connectivity index (χ2n) is 5.72. The Bertz CT molecular complexity index is 956. The fourth-order valence-corrected chi connectivity index (χ4v) is 3.52. The van der Waals surface area contributed by atoms with Crippen molar-refractivity contribution >= 4 is 33.3 Å². The van der Waals surface area contributed by atoms with Crippen LogP contribution in [0.4, 0.5) is 11.4 Å². The number of carbonyl (C=O) groups is 2. The zero-order valence-electron chi connectivity index (χ0n) is 15.9. The average Bonchev–Trinajstić information content (AvgIpc) is 2.69. The lowest BCUT2D eigenvalue weighted by Crippen LogP contribution is -2.18. The van der Waals surface area contributed by atoms with Crippen LogP contribution in [-0.2, 0) is 14.8 Å². The van der Waals surface area contributed by atoms with Gasteiger partial charge in [-0.25, -0.2) is 13.2 Å². The third-order valence-corrected chi connectivity index (χ3v) is 5.18. The average molecular weight is 405 g/mol. The summed E-state index contributed by atoms with van der Waals surface area (Å²) in [7, 11) is -2.44. The second-order valence-corrected chi connectivity index (χ2v) is 7.40. The van der Waals surface area contributed by atoms with Gasteiger partial charge in [-0.1, -0.05) is 0 Å². The van der Waals surface area contributed by atoms with Crippen molar-refractivity contribution in [2.45, 2.75) is 18.7 Å². The molecule has 0 aliphatic rings. The van der Waals surface area contributed by atoms with Crippen LogP contribution in [0.25, 0.3) is 0 Å². The topological polar surface area (TPSA) is 114 Å². The van der Waals surface area contributed by atoms with Gasteiger partial charge >= 0.3 is 5.97 Å². The molecule has 9 heteroatoms. The van der Waals surface area contributed by atoms with Crippen molar-refractivity contribution < 1.29 is 22.7 Å². The molecule has 0 spiro atoms. The molecule has 0 saturated carbocycles. The summed E-state index contributed by atoms with van der Waals surface area (Å²) in [4.78, 5) is 23.6. The Morgan fingerprint density at radius 3 is 2.18 bits per heavy atom. The molecule has 0 bridgehead atoms. The van der Waals surface area contributed by atoms with E-state index in [1.165, 1.54) is 37.4 Å². The molecule has 0 heterocycles. The molecular formula is C19H23N3O5S. The van der Waals surface area contributed by atoms with E-state index in [4.69, 9.17) is 4.74 Å². The monoisotopic (exact) mass is 405 g/mol. The number of anilines is 2. The van der Waals surface area contributed by atoms with Gasteiger partial charge in [0.1, 0.15) is 0 Å². The zero-order valence-corrected chi connectivity index (χ0v) is 16.7. The maximum atomic E-state index is 12.8. The van der Waals surface area contributed by atoms with Gasteiger partial charge in [0.15, 0.2) is 0 Å². The minimum atomic E-state index is -3.93. The smallest absolute Gasteiger partial charge is 0.338 e. The standard InChI is InChI=1S/C19H23N3O5S/c1-4-21-16-11-8-14(19(24)27-5-2)12-17(16)22-28(25,26)15-9-6-13(7-10-15)18(23)20-3/h6-12,21-22H,4-5H2,1-3H3,(H,20,23). The molecule has 2 aromatic carbocycles. The van der Waals surface area contributed by atoms with Crippen LogP contribution in [0.3, 0.4) is 0 Å². The highest BCUT2D eigenvalue weighted by Crippen LogP contribution is 2.27. The van der Waals surface area contributed by atoms with E-state index in [1.54, 1.807) is 19.1 Å². The summed E-state index contributed by atoms with van der Waals surface area (Å²) < 4.78 is 33.0. The first-order valence-electron chi connectivity index (χ1n) is 8.72. The highest BCUT2D eigenvalue weighted by Gasteiger charge is 2.18. The number of rotatable bonds is 8. The van der Waals surface area contributed by atoms with E-state index in [2.05, 4.69) is 15.4 Å². The molecule has 1 amide bonds. The number of hydrogen-bond donors (Lipinski definition) is 3. The molecule has 0 atom stereocenters. The van der Waals surface area contributed by atoms with Gasteiger partial charge in [0, 0.05) is 19.2 Å². The van der Waals surface area contributed by atoms with E-state index >= 15 is 0 Å². The minimum absolute atomic E-state index is 0.0101. The van der Waals surface area contributed by atoms with Crippen LogP contribution < -0.4 is 15.4 Å². The Morgan fingerprint density at radius 2 is 1.61 bits per heavy atom. The van der Waals surface area contributed by atoms with Crippen molar-refractivity contribution in [2.75, 3.05) is 30.2 Å². The first-order chi connectivity index (χ1) is 13.3. The molecule has 0 aliphatic heterocycles. The van der Waals surface area contributed by atoms with Crippen LogP contribution in [0.5, 0.6) is 0 Å². The molecule has 0 saturated heterocycles. The second kappa shape index (κ2) is 9.23. The van der Waals surface area contributed by atoms with Gasteiger partial charge in [-0.15, -0.1) is 0 Å². The summed E-state index contributed by atoms with van der Waals surface area (Å²) >= 11 is 0. The summed E-state index contributed by atoms with van der Waals surface area (Å²) in [5.41, 5.74) is 1.33. The van der Waals surface area contributed by atoms with Crippen molar-refractivity contribution in [3.05, 3.63) is 53.6 Å². The number of esters is 1. The van der Waals surface area contributed by atoms with Crippen LogP contribution in [0.15, 0.2) is 47.4 Å². The number of carbonyl (C=O) groups excluding carboxylic acids is 2. The van der Waals surface area contributed by atoms with Crippen molar-refractivity contribution in [3.8, 4) is 0 Å². The molecule has 0 aromatic heterocycles. The molecule has 0 unspecified atom stereocenters. The SMILES string of the molecule is CCNc1ccc(C(=O)OCC)cc1NS(=O)(=O)c1ccc(C(=O)NC)cc1. The Kier molecular flexibility index (Phi) is 7.00. The highest BCUT2D eigenvalue weighted by molar-refractivity contribution is 7.92. The summed E-state index contributed by atoms with van der Waals surface area (Å²) in [6.07, 6.45) is 0. The Labute approximate surface area is 164 Å². The molecule has 8 nitrogen and oxygen atoms in total. The maximum absolute atomic E-state index is 12.8. The lowest BCUT2D eigenvalue weighted by Gasteiger charge is -2.15. The lowest BCUT2D eigenvalue weighted by molar-refractivity contribution is 0.0526. The molecular weight excluding hydrogens is 382 g/mol. The van der Waals surface area contributed by atoms with Gasteiger partial charge in [-0.05, 0) is 56.3 Å². The highest BCUT2D eigenvalue weighted by atomic mass is 32.2. The third kappa shape index (κ3) is 5.01. The Morgan fingerprint density at radius 1 is 0.964 bits per heavy atom. The Hall–Kier alpha value is -3.07. The van der Waals surface area contributed by atoms with Crippen molar-refractivity contribution in [1.29, 1.82) is 0 Å². The number of hydrogen-bond acceptors (Lipinski definition) is 6. The van der Waals surface area contributed by atoms with Gasteiger partial charge in [0.05, 0.1) is 28.4 Å². The number of sulfonamides is 1. The summed E-state index contributed by atoms with van der Waals surface area (Å²) in [5.74, 6) is -0.852. The summed E-state index contributed by atoms with van der Waals surface area (Å²) in [5, 5.41) is 5.52. The van der Waals surface area contributed by atoms with Crippen LogP contribution in [0, 0.1) is 0 Å². The van der Waals surface area contributed by atoms with Gasteiger partial charge in [-0.2, -0.15) is 0 Å². The summed E-state index contributed by atoms with van der Waals surface area (Å²) in [6, 6.07) is 10.1. The van der Waals surface area contributed by atoms with E-state index in [1.807, 2.05) is 6.92 Å². The molecule has 2 aromatic rings. The van der Waals surface area contributed by atoms with Gasteiger partial charge in [0.25, 0.3) is 15.9 Å². The van der Waals surface area contributed by atoms with Gasteiger partial charge < -0.3 is 15.4 Å². The molecule has 2 rings (SSSR count). The van der Waals surface area contributed by atoms with Crippen LogP contribution in [-0.4, -0.2) is 40.5 Å². The largest absolute Gasteiger partial charge is 0.462 e. The maximum Gasteiger partial charge on any atom is 0.338 e. The fourth-order valence-electron chi connectivity index (χ4n) is 2.45. The van der Waals surface area contributed by atoms with E-state index in [0.29, 0.717) is 17.8 Å². The predicted octanol–water partition coefficient (Wildman–Crippen LogP) is 2.46. The van der Waals surface area contributed by atoms with Crippen molar-refractivity contribution in [3.63, 3.8) is 0 Å². The number of amides is 1. The molecule has 0 radical (unpaired) electrons. The predicted molar refractivity (Wildman–Crippen MR) is 107 cm³/mol. The fraction of sp³-hybridized carbons (Fsp3) is 0.263. The van der Waals surface area contributed by atoms with Crippen molar-refractivity contribution in [1.82, 2.24) is 5.32 Å². The summed E-state index contributed by atoms with van der Waals surface area (Å²) in [6.45, 7) is 4.34. The lowest BCUT2D eigenvalue weighted by atomic mass is 10.1. The van der Waals surface area contributed by atoms with E-state index in [0.717, 1.165) is 0 Å². The minimum Gasteiger partial charge on any atom is -0.462 e. The number of ether oxygens (including phenoxy) is 1. The van der Waals surface area contributed by atoms with E-state index in [9.17, 15) is 18.0 Å². The first-order valence-corrected chi connectivity index (χ1v) is 10.2. The molecule has 0 fully saturated rings. The van der Waals surface area contributed by atoms with Crippen LogP contribution in [0.1, 0.15) is 34.6 Å². The van der Waals surface area contributed by atoms with E-state index < -0.39 is 16.0 Å². The quantitative estimate of drug-likeness (QED) is 0.582. The normalized spacial score (nSPS) is 10.8. The molecule has 3 N–H and O–H groups in total. The van der Waals surface area contributed by atoms with Crippen molar-refractivity contribution in [2.24, 2.45) is 0 Å².